The lowest BCUT2D eigenvalue weighted by Crippen LogP contribution is -2.60. The van der Waals surface area contributed by atoms with Gasteiger partial charge in [0.1, 0.15) is 5.82 Å². The van der Waals surface area contributed by atoms with Crippen LogP contribution in [-0.2, 0) is 0 Å². The maximum absolute atomic E-state index is 13.8. The first-order valence-electron chi connectivity index (χ1n) is 7.89. The summed E-state index contributed by atoms with van der Waals surface area (Å²) in [4.78, 5) is 4.55. The average molecular weight is 333 g/mol. The molecule has 0 aliphatic carbocycles. The first kappa shape index (κ1) is 18.2. The minimum atomic E-state index is -0.453. The Balaban J connectivity index is 2.24. The lowest BCUT2D eigenvalue weighted by molar-refractivity contribution is -0.244. The molecule has 6 nitrogen and oxygen atoms in total. The van der Waals surface area contributed by atoms with E-state index in [4.69, 9.17) is 5.26 Å². The molecule has 1 aromatic rings. The molecule has 1 fully saturated rings. The van der Waals surface area contributed by atoms with E-state index in [0.29, 0.717) is 12.8 Å². The van der Waals surface area contributed by atoms with E-state index in [1.807, 2.05) is 33.9 Å². The summed E-state index contributed by atoms with van der Waals surface area (Å²) in [7, 11) is 0. The average Bonchev–Trinajstić information content (AvgIpc) is 2.47. The Morgan fingerprint density at radius 1 is 1.29 bits per heavy atom. The third-order valence-electron chi connectivity index (χ3n) is 4.23. The summed E-state index contributed by atoms with van der Waals surface area (Å²) in [5, 5.41) is 25.9. The molecular weight excluding hydrogens is 309 g/mol. The standard InChI is InChI=1S/C17H24FN5O/c1-16(2)9-12(10-17(3,4)23(16)24)21-15(20-11-19)22-14-8-6-5-7-13(14)18/h5-8,12,24H,9-10H2,1-4H3,(H2,20,21,22). The van der Waals surface area contributed by atoms with E-state index < -0.39 is 16.9 Å². The number of hydrogen-bond acceptors (Lipinski definition) is 4. The highest BCUT2D eigenvalue weighted by atomic mass is 19.1. The van der Waals surface area contributed by atoms with Crippen molar-refractivity contribution in [2.24, 2.45) is 4.99 Å². The topological polar surface area (TPSA) is 83.7 Å². The van der Waals surface area contributed by atoms with Gasteiger partial charge in [-0.3, -0.25) is 5.32 Å². The second-order valence-corrected chi connectivity index (χ2v) is 7.32. The zero-order chi connectivity index (χ0) is 18.0. The van der Waals surface area contributed by atoms with E-state index >= 15 is 0 Å². The monoisotopic (exact) mass is 333 g/mol. The van der Waals surface area contributed by atoms with Crippen molar-refractivity contribution in [2.75, 3.05) is 5.32 Å². The minimum Gasteiger partial charge on any atom is -0.323 e. The maximum Gasteiger partial charge on any atom is 0.209 e. The molecule has 1 saturated heterocycles. The van der Waals surface area contributed by atoms with Gasteiger partial charge >= 0.3 is 0 Å². The van der Waals surface area contributed by atoms with Crippen molar-refractivity contribution in [1.82, 2.24) is 10.4 Å². The maximum atomic E-state index is 13.8. The number of benzene rings is 1. The van der Waals surface area contributed by atoms with Gasteiger partial charge in [-0.15, -0.1) is 0 Å². The van der Waals surface area contributed by atoms with Crippen LogP contribution in [0.2, 0.25) is 0 Å². The molecule has 1 heterocycles. The second kappa shape index (κ2) is 6.75. The zero-order valence-electron chi connectivity index (χ0n) is 14.5. The number of hydrogen-bond donors (Lipinski definition) is 3. The molecule has 1 aromatic carbocycles. The number of rotatable bonds is 2. The van der Waals surface area contributed by atoms with E-state index in [-0.39, 0.29) is 17.7 Å². The number of aliphatic imine (C=N–C) groups is 1. The SMILES string of the molecule is CC1(C)CC(N=C(NC#N)Nc2ccccc2F)CC(C)(C)N1O. The van der Waals surface area contributed by atoms with Crippen LogP contribution < -0.4 is 10.6 Å². The van der Waals surface area contributed by atoms with E-state index in [2.05, 4.69) is 15.6 Å². The Kier molecular flexibility index (Phi) is 5.11. The molecule has 7 heteroatoms. The van der Waals surface area contributed by atoms with E-state index in [1.54, 1.807) is 18.2 Å². The van der Waals surface area contributed by atoms with Crippen LogP contribution in [0, 0.1) is 17.3 Å². The van der Waals surface area contributed by atoms with Crippen molar-refractivity contribution in [2.45, 2.75) is 57.7 Å². The summed E-state index contributed by atoms with van der Waals surface area (Å²) in [5.41, 5.74) is -0.658. The highest BCUT2D eigenvalue weighted by Crippen LogP contribution is 2.38. The first-order valence-corrected chi connectivity index (χ1v) is 7.89. The van der Waals surface area contributed by atoms with Gasteiger partial charge in [0, 0.05) is 11.1 Å². The van der Waals surface area contributed by atoms with Gasteiger partial charge in [0.25, 0.3) is 0 Å². The van der Waals surface area contributed by atoms with Crippen LogP contribution in [-0.4, -0.2) is 33.3 Å². The number of hydroxylamine groups is 2. The molecule has 0 unspecified atom stereocenters. The molecule has 0 aromatic heterocycles. The predicted octanol–water partition coefficient (Wildman–Crippen LogP) is 3.08. The number of halogens is 1. The van der Waals surface area contributed by atoms with Crippen molar-refractivity contribution in [1.29, 1.82) is 5.26 Å². The molecule has 0 spiro atoms. The van der Waals surface area contributed by atoms with Crippen molar-refractivity contribution in [3.63, 3.8) is 0 Å². The Labute approximate surface area is 142 Å². The fourth-order valence-corrected chi connectivity index (χ4v) is 3.33. The van der Waals surface area contributed by atoms with E-state index in [1.165, 1.54) is 11.1 Å². The van der Waals surface area contributed by atoms with Crippen LogP contribution in [0.4, 0.5) is 10.1 Å². The summed E-state index contributed by atoms with van der Waals surface area (Å²) >= 11 is 0. The molecule has 0 saturated carbocycles. The van der Waals surface area contributed by atoms with Gasteiger partial charge < -0.3 is 10.5 Å². The van der Waals surface area contributed by atoms with Gasteiger partial charge in [0.2, 0.25) is 5.96 Å². The molecule has 130 valence electrons. The lowest BCUT2D eigenvalue weighted by Gasteiger charge is -2.50. The van der Waals surface area contributed by atoms with Crippen molar-refractivity contribution >= 4 is 11.6 Å². The van der Waals surface area contributed by atoms with E-state index in [9.17, 15) is 9.60 Å². The number of para-hydroxylation sites is 1. The summed E-state index contributed by atoms with van der Waals surface area (Å²) in [5.74, 6) is -0.221. The first-order chi connectivity index (χ1) is 11.2. The third-order valence-corrected chi connectivity index (χ3v) is 4.23. The van der Waals surface area contributed by atoms with Gasteiger partial charge in [0.05, 0.1) is 11.7 Å². The minimum absolute atomic E-state index is 0.117. The van der Waals surface area contributed by atoms with Crippen LogP contribution in [0.25, 0.3) is 0 Å². The molecule has 24 heavy (non-hydrogen) atoms. The van der Waals surface area contributed by atoms with Crippen molar-refractivity contribution in [3.8, 4) is 6.19 Å². The van der Waals surface area contributed by atoms with Crippen molar-refractivity contribution in [3.05, 3.63) is 30.1 Å². The number of nitrogens with zero attached hydrogens (tertiary/aromatic N) is 3. The van der Waals surface area contributed by atoms with Crippen molar-refractivity contribution < 1.29 is 9.60 Å². The highest BCUT2D eigenvalue weighted by molar-refractivity contribution is 5.94. The Morgan fingerprint density at radius 3 is 2.42 bits per heavy atom. The molecular formula is C17H24FN5O. The Morgan fingerprint density at radius 2 is 1.88 bits per heavy atom. The molecule has 1 aliphatic heterocycles. The number of guanidine groups is 1. The van der Waals surface area contributed by atoms with Gasteiger partial charge in [-0.25, -0.2) is 9.38 Å². The Bertz CT molecular complexity index is 647. The Hall–Kier alpha value is -2.17. The molecule has 1 aliphatic rings. The van der Waals surface area contributed by atoms with Gasteiger partial charge in [0.15, 0.2) is 6.19 Å². The number of anilines is 1. The zero-order valence-corrected chi connectivity index (χ0v) is 14.5. The smallest absolute Gasteiger partial charge is 0.209 e. The van der Waals surface area contributed by atoms with E-state index in [0.717, 1.165) is 0 Å². The normalized spacial score (nSPS) is 21.1. The number of piperidine rings is 1. The summed E-state index contributed by atoms with van der Waals surface area (Å²) in [6.07, 6.45) is 3.05. The van der Waals surface area contributed by atoms with Crippen LogP contribution in [0.5, 0.6) is 0 Å². The number of nitriles is 1. The molecule has 0 atom stereocenters. The van der Waals surface area contributed by atoms with Crippen LogP contribution >= 0.6 is 0 Å². The van der Waals surface area contributed by atoms with Crippen LogP contribution in [0.1, 0.15) is 40.5 Å². The summed E-state index contributed by atoms with van der Waals surface area (Å²) in [6, 6.07) is 6.09. The third kappa shape index (κ3) is 4.02. The van der Waals surface area contributed by atoms with Gasteiger partial charge in [-0.2, -0.15) is 10.3 Å². The fourth-order valence-electron chi connectivity index (χ4n) is 3.33. The fraction of sp³-hybridized carbons (Fsp3) is 0.529. The molecule has 0 amide bonds. The molecule has 3 N–H and O–H groups in total. The van der Waals surface area contributed by atoms with Gasteiger partial charge in [-0.05, 0) is 52.7 Å². The largest absolute Gasteiger partial charge is 0.323 e. The second-order valence-electron chi connectivity index (χ2n) is 7.32. The van der Waals surface area contributed by atoms with Crippen LogP contribution in [0.3, 0.4) is 0 Å². The number of nitrogens with one attached hydrogen (secondary N) is 2. The van der Waals surface area contributed by atoms with Gasteiger partial charge in [-0.1, -0.05) is 12.1 Å². The molecule has 0 radical (unpaired) electrons. The summed E-state index contributed by atoms with van der Waals surface area (Å²) < 4.78 is 13.8. The van der Waals surface area contributed by atoms with Crippen LogP contribution in [0.15, 0.2) is 29.3 Å². The molecule has 2 rings (SSSR count). The summed E-state index contributed by atoms with van der Waals surface area (Å²) in [6.45, 7) is 7.77. The quantitative estimate of drug-likeness (QED) is 0.335. The lowest BCUT2D eigenvalue weighted by atomic mass is 9.79. The predicted molar refractivity (Wildman–Crippen MR) is 91.0 cm³/mol. The molecule has 0 bridgehead atoms. The highest BCUT2D eigenvalue weighted by Gasteiger charge is 2.45.